The number of phenolic OH excluding ortho intramolecular Hbond substituents is 1. The summed E-state index contributed by atoms with van der Waals surface area (Å²) in [5.41, 5.74) is 4.10. The molecule has 1 saturated heterocycles. The number of carbonyl (C=O) groups excluding carboxylic acids is 2. The Bertz CT molecular complexity index is 797. The molecular formula is C19H21N3O4. The minimum absolute atomic E-state index is 0.0696. The molecule has 1 aromatic heterocycles. The molecule has 0 aliphatic carbocycles. The maximum atomic E-state index is 12.4. The van der Waals surface area contributed by atoms with E-state index < -0.39 is 5.92 Å². The number of hydrogen-bond donors (Lipinski definition) is 2. The molecule has 136 valence electrons. The number of carbonyl (C=O) groups is 2. The molecule has 0 saturated carbocycles. The zero-order valence-corrected chi connectivity index (χ0v) is 14.5. The highest BCUT2D eigenvalue weighted by molar-refractivity contribution is 6.01. The van der Waals surface area contributed by atoms with E-state index in [-0.39, 0.29) is 24.0 Å². The van der Waals surface area contributed by atoms with Crippen LogP contribution in [0.25, 0.3) is 0 Å². The molecule has 2 heterocycles. The van der Waals surface area contributed by atoms with E-state index in [1.807, 2.05) is 6.92 Å². The smallest absolute Gasteiger partial charge is 0.245 e. The zero-order valence-electron chi connectivity index (χ0n) is 14.5. The van der Waals surface area contributed by atoms with E-state index >= 15 is 0 Å². The minimum atomic E-state index is -0.431. The summed E-state index contributed by atoms with van der Waals surface area (Å²) in [7, 11) is 0. The number of likely N-dealkylation sites (tertiary alicyclic amines) is 1. The van der Waals surface area contributed by atoms with Crippen molar-refractivity contribution < 1.29 is 19.1 Å². The summed E-state index contributed by atoms with van der Waals surface area (Å²) in [5, 5.41) is 13.6. The van der Waals surface area contributed by atoms with Crippen molar-refractivity contribution in [3.05, 3.63) is 54.0 Å². The van der Waals surface area contributed by atoms with Gasteiger partial charge in [-0.25, -0.2) is 5.43 Å². The van der Waals surface area contributed by atoms with Gasteiger partial charge in [-0.15, -0.1) is 0 Å². The Morgan fingerprint density at radius 2 is 2.12 bits per heavy atom. The van der Waals surface area contributed by atoms with E-state index in [1.165, 1.54) is 0 Å². The van der Waals surface area contributed by atoms with Crippen molar-refractivity contribution in [3.63, 3.8) is 0 Å². The number of amides is 2. The summed E-state index contributed by atoms with van der Waals surface area (Å²) >= 11 is 0. The first kappa shape index (κ1) is 17.7. The van der Waals surface area contributed by atoms with E-state index in [2.05, 4.69) is 10.5 Å². The number of nitrogens with zero attached hydrogens (tertiary/aromatic N) is 2. The molecule has 0 radical (unpaired) electrons. The van der Waals surface area contributed by atoms with Crippen LogP contribution in [0.15, 0.2) is 52.2 Å². The normalized spacial score (nSPS) is 17.6. The van der Waals surface area contributed by atoms with E-state index in [1.54, 1.807) is 47.6 Å². The Kier molecular flexibility index (Phi) is 5.36. The van der Waals surface area contributed by atoms with Gasteiger partial charge < -0.3 is 14.4 Å². The van der Waals surface area contributed by atoms with Crippen LogP contribution in [0.1, 0.15) is 31.1 Å². The number of hydrogen-bond acceptors (Lipinski definition) is 5. The lowest BCUT2D eigenvalue weighted by Crippen LogP contribution is -2.30. The van der Waals surface area contributed by atoms with Gasteiger partial charge in [0, 0.05) is 13.0 Å². The van der Waals surface area contributed by atoms with Gasteiger partial charge in [-0.3, -0.25) is 9.59 Å². The van der Waals surface area contributed by atoms with Crippen LogP contribution < -0.4 is 5.43 Å². The van der Waals surface area contributed by atoms with Crippen molar-refractivity contribution >= 4 is 17.5 Å². The molecule has 1 unspecified atom stereocenters. The van der Waals surface area contributed by atoms with Gasteiger partial charge >= 0.3 is 0 Å². The van der Waals surface area contributed by atoms with Gasteiger partial charge in [0.15, 0.2) is 0 Å². The average molecular weight is 355 g/mol. The Morgan fingerprint density at radius 3 is 2.77 bits per heavy atom. The molecule has 1 atom stereocenters. The Balaban J connectivity index is 1.60. The first-order chi connectivity index (χ1) is 12.6. The highest BCUT2D eigenvalue weighted by Gasteiger charge is 2.34. The van der Waals surface area contributed by atoms with Crippen LogP contribution in [-0.4, -0.2) is 34.1 Å². The predicted octanol–water partition coefficient (Wildman–Crippen LogP) is 2.26. The van der Waals surface area contributed by atoms with Gasteiger partial charge in [0.05, 0.1) is 24.4 Å². The fraction of sp³-hybridized carbons (Fsp3) is 0.316. The van der Waals surface area contributed by atoms with Crippen molar-refractivity contribution in [1.29, 1.82) is 0 Å². The minimum Gasteiger partial charge on any atom is -0.508 e. The summed E-state index contributed by atoms with van der Waals surface area (Å²) in [6.07, 6.45) is 2.35. The molecule has 2 aromatic rings. The van der Waals surface area contributed by atoms with Gasteiger partial charge in [-0.05, 0) is 48.4 Å². The number of hydrazone groups is 1. The topological polar surface area (TPSA) is 95.1 Å². The number of benzene rings is 1. The summed E-state index contributed by atoms with van der Waals surface area (Å²) in [5.74, 6) is 0.0938. The molecule has 2 N–H and O–H groups in total. The molecule has 0 spiro atoms. The van der Waals surface area contributed by atoms with Gasteiger partial charge in [-0.1, -0.05) is 6.92 Å². The maximum absolute atomic E-state index is 12.4. The summed E-state index contributed by atoms with van der Waals surface area (Å²) < 4.78 is 5.26. The zero-order chi connectivity index (χ0) is 18.5. The van der Waals surface area contributed by atoms with Crippen LogP contribution in [0.4, 0.5) is 0 Å². The van der Waals surface area contributed by atoms with Crippen LogP contribution in [-0.2, 0) is 16.1 Å². The predicted molar refractivity (Wildman–Crippen MR) is 95.3 cm³/mol. The molecular weight excluding hydrogens is 334 g/mol. The molecule has 1 aliphatic heterocycles. The fourth-order valence-electron chi connectivity index (χ4n) is 2.91. The molecule has 26 heavy (non-hydrogen) atoms. The van der Waals surface area contributed by atoms with Gasteiger partial charge in [0.1, 0.15) is 11.5 Å². The van der Waals surface area contributed by atoms with Crippen LogP contribution in [0.2, 0.25) is 0 Å². The number of phenols is 1. The standard InChI is InChI=1S/C19H21N3O4/c1-2-17(13-5-7-15(23)8-6-13)20-21-19(25)14-10-18(24)22(11-14)12-16-4-3-9-26-16/h3-9,14,23H,2,10-12H2,1H3,(H,21,25)/b20-17+. The molecule has 3 rings (SSSR count). The van der Waals surface area contributed by atoms with E-state index in [0.717, 1.165) is 5.56 Å². The molecule has 7 heteroatoms. The lowest BCUT2D eigenvalue weighted by Gasteiger charge is -2.14. The number of furan rings is 1. The molecule has 1 fully saturated rings. The Labute approximate surface area is 151 Å². The number of aromatic hydroxyl groups is 1. The average Bonchev–Trinajstić information content (AvgIpc) is 3.27. The summed E-state index contributed by atoms with van der Waals surface area (Å²) in [6, 6.07) is 10.2. The lowest BCUT2D eigenvalue weighted by molar-refractivity contribution is -0.129. The van der Waals surface area contributed by atoms with Crippen LogP contribution in [0, 0.1) is 5.92 Å². The summed E-state index contributed by atoms with van der Waals surface area (Å²) in [4.78, 5) is 26.1. The maximum Gasteiger partial charge on any atom is 0.245 e. The van der Waals surface area contributed by atoms with Crippen molar-refractivity contribution in [3.8, 4) is 5.75 Å². The molecule has 1 aliphatic rings. The summed E-state index contributed by atoms with van der Waals surface area (Å²) in [6.45, 7) is 2.65. The third-order valence-corrected chi connectivity index (χ3v) is 4.35. The van der Waals surface area contributed by atoms with Gasteiger partial charge in [-0.2, -0.15) is 5.10 Å². The molecule has 1 aromatic carbocycles. The lowest BCUT2D eigenvalue weighted by atomic mass is 10.1. The first-order valence-electron chi connectivity index (χ1n) is 8.52. The van der Waals surface area contributed by atoms with E-state index in [0.29, 0.717) is 31.0 Å². The Morgan fingerprint density at radius 1 is 1.35 bits per heavy atom. The SMILES string of the molecule is CC/C(=N\NC(=O)C1CC(=O)N(Cc2ccco2)C1)c1ccc(O)cc1. The highest BCUT2D eigenvalue weighted by atomic mass is 16.3. The quantitative estimate of drug-likeness (QED) is 0.614. The molecule has 2 amide bonds. The van der Waals surface area contributed by atoms with E-state index in [9.17, 15) is 14.7 Å². The second-order valence-corrected chi connectivity index (χ2v) is 6.19. The first-order valence-corrected chi connectivity index (χ1v) is 8.52. The van der Waals surface area contributed by atoms with Gasteiger partial charge in [0.2, 0.25) is 11.8 Å². The van der Waals surface area contributed by atoms with Crippen molar-refractivity contribution in [2.75, 3.05) is 6.54 Å². The van der Waals surface area contributed by atoms with E-state index in [4.69, 9.17) is 4.42 Å². The highest BCUT2D eigenvalue weighted by Crippen LogP contribution is 2.20. The monoisotopic (exact) mass is 355 g/mol. The largest absolute Gasteiger partial charge is 0.508 e. The van der Waals surface area contributed by atoms with Gasteiger partial charge in [0.25, 0.3) is 0 Å². The van der Waals surface area contributed by atoms with Crippen molar-refractivity contribution in [1.82, 2.24) is 10.3 Å². The van der Waals surface area contributed by atoms with Crippen LogP contribution >= 0.6 is 0 Å². The molecule has 0 bridgehead atoms. The van der Waals surface area contributed by atoms with Crippen molar-refractivity contribution in [2.24, 2.45) is 11.0 Å². The second kappa shape index (κ2) is 7.86. The molecule has 7 nitrogen and oxygen atoms in total. The second-order valence-electron chi connectivity index (χ2n) is 6.19. The Hall–Kier alpha value is -3.09. The number of nitrogens with one attached hydrogen (secondary N) is 1. The van der Waals surface area contributed by atoms with Crippen molar-refractivity contribution in [2.45, 2.75) is 26.3 Å². The van der Waals surface area contributed by atoms with Crippen LogP contribution in [0.3, 0.4) is 0 Å². The third-order valence-electron chi connectivity index (χ3n) is 4.35. The van der Waals surface area contributed by atoms with Crippen LogP contribution in [0.5, 0.6) is 5.75 Å². The number of rotatable bonds is 6. The third kappa shape index (κ3) is 4.11. The fourth-order valence-corrected chi connectivity index (χ4v) is 2.91.